The number of nitrogens with one attached hydrogen (secondary N) is 2. The number of rotatable bonds is 6. The number of carbonyl (C=O) groups is 3. The van der Waals surface area contributed by atoms with Gasteiger partial charge in [-0.1, -0.05) is 42.5 Å². The standard InChI is InChI=1S/C19H18N4O5/c1-19(14-5-3-2-4-6-14)17(25)22(18(26)21-19)12-16(24)20-11-13-7-9-15(10-8-13)23(27)28/h2-10H,11-12H2,1H3,(H,20,24)(H,21,26). The van der Waals surface area contributed by atoms with E-state index in [1.54, 1.807) is 37.3 Å². The van der Waals surface area contributed by atoms with Crippen LogP contribution in [0.2, 0.25) is 0 Å². The molecule has 1 atom stereocenters. The maximum Gasteiger partial charge on any atom is 0.325 e. The van der Waals surface area contributed by atoms with Crippen molar-refractivity contribution in [2.45, 2.75) is 19.0 Å². The van der Waals surface area contributed by atoms with Gasteiger partial charge < -0.3 is 10.6 Å². The van der Waals surface area contributed by atoms with Gasteiger partial charge in [-0.05, 0) is 18.1 Å². The summed E-state index contributed by atoms with van der Waals surface area (Å²) in [7, 11) is 0. The van der Waals surface area contributed by atoms with Gasteiger partial charge in [0.2, 0.25) is 5.91 Å². The number of imide groups is 1. The first-order chi connectivity index (χ1) is 13.3. The van der Waals surface area contributed by atoms with E-state index in [0.29, 0.717) is 11.1 Å². The van der Waals surface area contributed by atoms with Crippen LogP contribution in [0.3, 0.4) is 0 Å². The number of amides is 4. The second-order valence-corrected chi connectivity index (χ2v) is 6.51. The average molecular weight is 382 g/mol. The predicted octanol–water partition coefficient (Wildman–Crippen LogP) is 1.68. The van der Waals surface area contributed by atoms with Crippen molar-refractivity contribution < 1.29 is 19.3 Å². The largest absolute Gasteiger partial charge is 0.350 e. The fourth-order valence-electron chi connectivity index (χ4n) is 2.94. The van der Waals surface area contributed by atoms with Crippen molar-refractivity contribution in [2.75, 3.05) is 6.54 Å². The van der Waals surface area contributed by atoms with Crippen molar-refractivity contribution >= 4 is 23.5 Å². The Morgan fingerprint density at radius 1 is 1.14 bits per heavy atom. The molecule has 0 spiro atoms. The molecule has 0 aliphatic carbocycles. The molecular formula is C19H18N4O5. The lowest BCUT2D eigenvalue weighted by molar-refractivity contribution is -0.384. The van der Waals surface area contributed by atoms with Gasteiger partial charge in [0.05, 0.1) is 4.92 Å². The number of nitro groups is 1. The molecule has 0 radical (unpaired) electrons. The molecule has 1 heterocycles. The number of urea groups is 1. The third kappa shape index (κ3) is 3.68. The van der Waals surface area contributed by atoms with Crippen LogP contribution in [-0.4, -0.2) is 34.2 Å². The molecule has 1 unspecified atom stereocenters. The van der Waals surface area contributed by atoms with Gasteiger partial charge in [0.1, 0.15) is 12.1 Å². The van der Waals surface area contributed by atoms with Gasteiger partial charge in [0.25, 0.3) is 11.6 Å². The van der Waals surface area contributed by atoms with Crippen LogP contribution in [0, 0.1) is 10.1 Å². The summed E-state index contributed by atoms with van der Waals surface area (Å²) in [4.78, 5) is 48.2. The molecule has 2 aromatic rings. The Bertz CT molecular complexity index is 929. The summed E-state index contributed by atoms with van der Waals surface area (Å²) >= 11 is 0. The summed E-state index contributed by atoms with van der Waals surface area (Å²) in [6, 6.07) is 13.9. The van der Waals surface area contributed by atoms with Crippen molar-refractivity contribution in [2.24, 2.45) is 0 Å². The first-order valence-corrected chi connectivity index (χ1v) is 8.51. The van der Waals surface area contributed by atoms with Crippen LogP contribution in [-0.2, 0) is 21.7 Å². The number of hydrogen-bond acceptors (Lipinski definition) is 5. The normalized spacial score (nSPS) is 18.7. The molecule has 3 rings (SSSR count). The number of benzene rings is 2. The van der Waals surface area contributed by atoms with Crippen molar-refractivity contribution in [1.82, 2.24) is 15.5 Å². The quantitative estimate of drug-likeness (QED) is 0.447. The topological polar surface area (TPSA) is 122 Å². The van der Waals surface area contributed by atoms with Crippen LogP contribution in [0.1, 0.15) is 18.1 Å². The van der Waals surface area contributed by atoms with Crippen LogP contribution in [0.25, 0.3) is 0 Å². The highest BCUT2D eigenvalue weighted by molar-refractivity contribution is 6.09. The summed E-state index contributed by atoms with van der Waals surface area (Å²) in [5, 5.41) is 15.9. The Kier molecular flexibility index (Phi) is 5.08. The number of carbonyl (C=O) groups excluding carboxylic acids is 3. The SMILES string of the molecule is CC1(c2ccccc2)NC(=O)N(CC(=O)NCc2ccc([N+](=O)[O-])cc2)C1=O. The van der Waals surface area contributed by atoms with E-state index in [0.717, 1.165) is 4.90 Å². The molecule has 144 valence electrons. The van der Waals surface area contributed by atoms with E-state index in [-0.39, 0.29) is 12.2 Å². The Morgan fingerprint density at radius 3 is 2.39 bits per heavy atom. The minimum atomic E-state index is -1.23. The van der Waals surface area contributed by atoms with E-state index in [1.165, 1.54) is 24.3 Å². The highest BCUT2D eigenvalue weighted by atomic mass is 16.6. The number of hydrogen-bond donors (Lipinski definition) is 2. The van der Waals surface area contributed by atoms with E-state index in [2.05, 4.69) is 10.6 Å². The molecule has 2 aromatic carbocycles. The highest BCUT2D eigenvalue weighted by Crippen LogP contribution is 2.28. The average Bonchev–Trinajstić information content (AvgIpc) is 2.91. The van der Waals surface area contributed by atoms with Gasteiger partial charge >= 0.3 is 6.03 Å². The second kappa shape index (κ2) is 7.47. The lowest BCUT2D eigenvalue weighted by atomic mass is 9.92. The summed E-state index contributed by atoms with van der Waals surface area (Å²) in [6.45, 7) is 1.30. The molecule has 9 nitrogen and oxygen atoms in total. The fraction of sp³-hybridized carbons (Fsp3) is 0.211. The van der Waals surface area contributed by atoms with Gasteiger partial charge in [-0.25, -0.2) is 4.79 Å². The van der Waals surface area contributed by atoms with Crippen molar-refractivity contribution in [1.29, 1.82) is 0 Å². The first-order valence-electron chi connectivity index (χ1n) is 8.51. The van der Waals surface area contributed by atoms with E-state index >= 15 is 0 Å². The fourth-order valence-corrected chi connectivity index (χ4v) is 2.94. The van der Waals surface area contributed by atoms with Crippen LogP contribution >= 0.6 is 0 Å². The summed E-state index contributed by atoms with van der Waals surface area (Å²) in [5.74, 6) is -1.02. The lowest BCUT2D eigenvalue weighted by Gasteiger charge is -2.22. The molecule has 0 saturated carbocycles. The smallest absolute Gasteiger partial charge is 0.325 e. The molecule has 1 fully saturated rings. The van der Waals surface area contributed by atoms with Gasteiger partial charge in [-0.15, -0.1) is 0 Å². The predicted molar refractivity (Wildman–Crippen MR) is 99.0 cm³/mol. The molecule has 0 aromatic heterocycles. The van der Waals surface area contributed by atoms with E-state index < -0.39 is 34.9 Å². The van der Waals surface area contributed by atoms with Crippen LogP contribution < -0.4 is 10.6 Å². The highest BCUT2D eigenvalue weighted by Gasteiger charge is 2.49. The third-order valence-electron chi connectivity index (χ3n) is 4.56. The zero-order chi connectivity index (χ0) is 20.3. The van der Waals surface area contributed by atoms with E-state index in [4.69, 9.17) is 0 Å². The van der Waals surface area contributed by atoms with Gasteiger partial charge in [-0.3, -0.25) is 24.6 Å². The molecule has 28 heavy (non-hydrogen) atoms. The molecule has 1 aliphatic rings. The van der Waals surface area contributed by atoms with Gasteiger partial charge in [0, 0.05) is 18.7 Å². The summed E-state index contributed by atoms with van der Waals surface area (Å²) in [5.41, 5.74) is 0.0128. The molecular weight excluding hydrogens is 364 g/mol. The van der Waals surface area contributed by atoms with Gasteiger partial charge in [-0.2, -0.15) is 0 Å². The molecule has 0 bridgehead atoms. The summed E-state index contributed by atoms with van der Waals surface area (Å²) < 4.78 is 0. The van der Waals surface area contributed by atoms with Crippen LogP contribution in [0.15, 0.2) is 54.6 Å². The van der Waals surface area contributed by atoms with Crippen molar-refractivity contribution in [3.63, 3.8) is 0 Å². The zero-order valence-electron chi connectivity index (χ0n) is 15.0. The zero-order valence-corrected chi connectivity index (χ0v) is 15.0. The molecule has 4 amide bonds. The molecule has 1 aliphatic heterocycles. The minimum Gasteiger partial charge on any atom is -0.350 e. The Morgan fingerprint density at radius 2 is 1.79 bits per heavy atom. The monoisotopic (exact) mass is 382 g/mol. The Balaban J connectivity index is 1.61. The first kappa shape index (κ1) is 19.0. The maximum absolute atomic E-state index is 12.7. The van der Waals surface area contributed by atoms with Crippen molar-refractivity contribution in [3.8, 4) is 0 Å². The maximum atomic E-state index is 12.7. The van der Waals surface area contributed by atoms with E-state index in [9.17, 15) is 24.5 Å². The summed E-state index contributed by atoms with van der Waals surface area (Å²) in [6.07, 6.45) is 0. The molecule has 9 heteroatoms. The minimum absolute atomic E-state index is 0.0467. The Hall–Kier alpha value is -3.75. The van der Waals surface area contributed by atoms with Crippen LogP contribution in [0.4, 0.5) is 10.5 Å². The third-order valence-corrected chi connectivity index (χ3v) is 4.56. The second-order valence-electron chi connectivity index (χ2n) is 6.51. The molecule has 2 N–H and O–H groups in total. The number of non-ortho nitro benzene ring substituents is 1. The molecule has 1 saturated heterocycles. The number of nitrogens with zero attached hydrogens (tertiary/aromatic N) is 2. The van der Waals surface area contributed by atoms with Crippen molar-refractivity contribution in [3.05, 3.63) is 75.8 Å². The van der Waals surface area contributed by atoms with E-state index in [1.807, 2.05) is 0 Å². The van der Waals surface area contributed by atoms with Crippen LogP contribution in [0.5, 0.6) is 0 Å². The lowest BCUT2D eigenvalue weighted by Crippen LogP contribution is -2.43. The number of nitro benzene ring substituents is 1. The Labute approximate surface area is 160 Å². The van der Waals surface area contributed by atoms with Gasteiger partial charge in [0.15, 0.2) is 0 Å².